The van der Waals surface area contributed by atoms with Crippen LogP contribution in [0.2, 0.25) is 0 Å². The second kappa shape index (κ2) is 5.79. The van der Waals surface area contributed by atoms with Crippen LogP contribution in [0.3, 0.4) is 0 Å². The second-order valence-corrected chi connectivity index (χ2v) is 6.75. The first-order valence-corrected chi connectivity index (χ1v) is 7.91. The highest BCUT2D eigenvalue weighted by Crippen LogP contribution is 2.42. The Morgan fingerprint density at radius 3 is 2.36 bits per heavy atom. The topological polar surface area (TPSA) is 29.5 Å². The molecular weight excluding hydrogens is 274 g/mol. The van der Waals surface area contributed by atoms with Gasteiger partial charge >= 0.3 is 5.97 Å². The first-order valence-electron chi connectivity index (χ1n) is 7.91. The molecule has 0 saturated heterocycles. The van der Waals surface area contributed by atoms with E-state index < -0.39 is 0 Å². The maximum absolute atomic E-state index is 12.3. The average Bonchev–Trinajstić information content (AvgIpc) is 2.44. The van der Waals surface area contributed by atoms with E-state index in [2.05, 4.69) is 57.7 Å². The van der Waals surface area contributed by atoms with Crippen LogP contribution in [0.5, 0.6) is 0 Å². The number of esters is 1. The van der Waals surface area contributed by atoms with Gasteiger partial charge in [-0.25, -0.2) is 4.79 Å². The molecule has 1 atom stereocenters. The van der Waals surface area contributed by atoms with Gasteiger partial charge in [0.25, 0.3) is 0 Å². The Balaban J connectivity index is 2.68. The average molecular weight is 301 g/mol. The van der Waals surface area contributed by atoms with Crippen molar-refractivity contribution >= 4 is 17.2 Å². The Labute approximate surface area is 134 Å². The molecule has 1 aliphatic rings. The molecule has 2 rings (SSSR count). The lowest BCUT2D eigenvalue weighted by Crippen LogP contribution is -2.54. The molecule has 0 bridgehead atoms. The van der Waals surface area contributed by atoms with E-state index in [0.717, 1.165) is 12.1 Å². The molecule has 0 unspecified atom stereocenters. The van der Waals surface area contributed by atoms with Gasteiger partial charge in [-0.3, -0.25) is 0 Å². The number of ether oxygens (including phenoxy) is 1. The number of rotatable bonds is 3. The fourth-order valence-corrected chi connectivity index (χ4v) is 3.46. The third-order valence-electron chi connectivity index (χ3n) is 4.66. The van der Waals surface area contributed by atoms with Gasteiger partial charge in [-0.1, -0.05) is 13.0 Å². The van der Waals surface area contributed by atoms with Crippen LogP contribution in [0.25, 0.3) is 5.57 Å². The van der Waals surface area contributed by atoms with Crippen LogP contribution >= 0.6 is 0 Å². The molecule has 0 aromatic heterocycles. The molecule has 3 heteroatoms. The van der Waals surface area contributed by atoms with Crippen molar-refractivity contribution in [2.24, 2.45) is 0 Å². The van der Waals surface area contributed by atoms with Crippen LogP contribution in [-0.2, 0) is 9.53 Å². The maximum Gasteiger partial charge on any atom is 0.328 e. The fourth-order valence-electron chi connectivity index (χ4n) is 3.46. The lowest BCUT2D eigenvalue weighted by Gasteiger charge is -2.46. The molecule has 1 aromatic carbocycles. The minimum atomic E-state index is -0.273. The van der Waals surface area contributed by atoms with Crippen molar-refractivity contribution in [2.75, 3.05) is 12.0 Å². The van der Waals surface area contributed by atoms with E-state index in [1.165, 1.54) is 29.4 Å². The lowest BCUT2D eigenvalue weighted by atomic mass is 9.85. The Hall–Kier alpha value is -1.77. The largest absolute Gasteiger partial charge is 0.467 e. The molecule has 0 aliphatic carbocycles. The zero-order chi connectivity index (χ0) is 16.7. The first-order chi connectivity index (χ1) is 10.2. The van der Waals surface area contributed by atoms with E-state index >= 15 is 0 Å². The highest BCUT2D eigenvalue weighted by Gasteiger charge is 2.39. The summed E-state index contributed by atoms with van der Waals surface area (Å²) in [5.41, 5.74) is 5.90. The van der Waals surface area contributed by atoms with Crippen LogP contribution in [0.1, 0.15) is 50.8 Å². The molecule has 0 fully saturated rings. The maximum atomic E-state index is 12.3. The Kier molecular flexibility index (Phi) is 4.37. The number of nitrogens with zero attached hydrogens (tertiary/aromatic N) is 1. The SMILES string of the molecule is CC[C@@H](C(=O)OC)N1c2cc(C)c(C)cc2C(C)=CC1(C)C. The quantitative estimate of drug-likeness (QED) is 0.781. The van der Waals surface area contributed by atoms with E-state index in [1.54, 1.807) is 0 Å². The van der Waals surface area contributed by atoms with Crippen LogP contribution in [0.4, 0.5) is 5.69 Å². The number of methoxy groups -OCH3 is 1. The summed E-state index contributed by atoms with van der Waals surface area (Å²) in [4.78, 5) is 14.5. The van der Waals surface area contributed by atoms with Crippen LogP contribution < -0.4 is 4.90 Å². The predicted octanol–water partition coefficient (Wildman–Crippen LogP) is 4.26. The number of benzene rings is 1. The highest BCUT2D eigenvalue weighted by atomic mass is 16.5. The number of hydrogen-bond acceptors (Lipinski definition) is 3. The van der Waals surface area contributed by atoms with Crippen molar-refractivity contribution < 1.29 is 9.53 Å². The third kappa shape index (κ3) is 2.65. The standard InChI is InChI=1S/C19H27NO2/c1-8-16(18(21)22-7)20-17-10-13(3)12(2)9-15(17)14(4)11-19(20,5)6/h9-11,16H,8H2,1-7H3/t16-/m0/s1. The van der Waals surface area contributed by atoms with Gasteiger partial charge in [0.05, 0.1) is 12.6 Å². The lowest BCUT2D eigenvalue weighted by molar-refractivity contribution is -0.142. The molecule has 1 aromatic rings. The molecule has 1 aliphatic heterocycles. The van der Waals surface area contributed by atoms with Crippen molar-refractivity contribution in [1.29, 1.82) is 0 Å². The van der Waals surface area contributed by atoms with Gasteiger partial charge in [0.2, 0.25) is 0 Å². The summed E-state index contributed by atoms with van der Waals surface area (Å²) in [5, 5.41) is 0. The number of anilines is 1. The zero-order valence-corrected chi connectivity index (χ0v) is 14.8. The number of carbonyl (C=O) groups is 1. The van der Waals surface area contributed by atoms with E-state index in [0.29, 0.717) is 0 Å². The van der Waals surface area contributed by atoms with Crippen molar-refractivity contribution in [2.45, 2.75) is 59.5 Å². The first kappa shape index (κ1) is 16.6. The zero-order valence-electron chi connectivity index (χ0n) is 14.8. The van der Waals surface area contributed by atoms with Crippen molar-refractivity contribution in [3.05, 3.63) is 34.9 Å². The van der Waals surface area contributed by atoms with Gasteiger partial charge in [-0.15, -0.1) is 0 Å². The summed E-state index contributed by atoms with van der Waals surface area (Å²) >= 11 is 0. The molecule has 0 saturated carbocycles. The smallest absolute Gasteiger partial charge is 0.328 e. The van der Waals surface area contributed by atoms with E-state index in [9.17, 15) is 4.79 Å². The summed E-state index contributed by atoms with van der Waals surface area (Å²) in [6.07, 6.45) is 2.96. The van der Waals surface area contributed by atoms with Gasteiger partial charge < -0.3 is 9.64 Å². The molecule has 0 N–H and O–H groups in total. The number of fused-ring (bicyclic) bond motifs is 1. The summed E-state index contributed by atoms with van der Waals surface area (Å²) in [5.74, 6) is -0.173. The number of aryl methyl sites for hydroxylation is 2. The Morgan fingerprint density at radius 1 is 1.23 bits per heavy atom. The Bertz CT molecular complexity index is 629. The predicted molar refractivity (Wildman–Crippen MR) is 92.2 cm³/mol. The van der Waals surface area contributed by atoms with Gasteiger partial charge in [0.15, 0.2) is 0 Å². The molecule has 0 amide bonds. The molecular formula is C19H27NO2. The highest BCUT2D eigenvalue weighted by molar-refractivity contribution is 5.88. The van der Waals surface area contributed by atoms with E-state index in [-0.39, 0.29) is 17.6 Å². The molecule has 0 radical (unpaired) electrons. The van der Waals surface area contributed by atoms with Crippen molar-refractivity contribution in [1.82, 2.24) is 0 Å². The summed E-state index contributed by atoms with van der Waals surface area (Å²) < 4.78 is 5.04. The van der Waals surface area contributed by atoms with E-state index in [1.807, 2.05) is 6.92 Å². The summed E-state index contributed by atoms with van der Waals surface area (Å²) in [7, 11) is 1.46. The minimum absolute atomic E-state index is 0.173. The van der Waals surface area contributed by atoms with Crippen LogP contribution in [0.15, 0.2) is 18.2 Å². The summed E-state index contributed by atoms with van der Waals surface area (Å²) in [6.45, 7) is 12.7. The van der Waals surface area contributed by atoms with Gasteiger partial charge in [0.1, 0.15) is 6.04 Å². The molecule has 0 spiro atoms. The second-order valence-electron chi connectivity index (χ2n) is 6.75. The number of carbonyl (C=O) groups excluding carboxylic acids is 1. The fraction of sp³-hybridized carbons (Fsp3) is 0.526. The minimum Gasteiger partial charge on any atom is -0.467 e. The normalized spacial score (nSPS) is 17.6. The number of hydrogen-bond donors (Lipinski definition) is 0. The van der Waals surface area contributed by atoms with Crippen LogP contribution in [0, 0.1) is 13.8 Å². The third-order valence-corrected chi connectivity index (χ3v) is 4.66. The summed E-state index contributed by atoms with van der Waals surface area (Å²) in [6, 6.07) is 4.15. The monoisotopic (exact) mass is 301 g/mol. The van der Waals surface area contributed by atoms with Gasteiger partial charge in [-0.2, -0.15) is 0 Å². The Morgan fingerprint density at radius 2 is 1.82 bits per heavy atom. The van der Waals surface area contributed by atoms with Crippen molar-refractivity contribution in [3.63, 3.8) is 0 Å². The molecule has 120 valence electrons. The molecule has 22 heavy (non-hydrogen) atoms. The van der Waals surface area contributed by atoms with Gasteiger partial charge in [-0.05, 0) is 69.9 Å². The number of allylic oxidation sites excluding steroid dienone is 1. The van der Waals surface area contributed by atoms with Crippen LogP contribution in [-0.4, -0.2) is 24.7 Å². The van der Waals surface area contributed by atoms with Gasteiger partial charge in [0, 0.05) is 11.3 Å². The van der Waals surface area contributed by atoms with E-state index in [4.69, 9.17) is 4.74 Å². The van der Waals surface area contributed by atoms with Crippen molar-refractivity contribution in [3.8, 4) is 0 Å². The molecule has 3 nitrogen and oxygen atoms in total. The molecule has 1 heterocycles.